The van der Waals surface area contributed by atoms with E-state index in [1.54, 1.807) is 6.08 Å². The number of amides is 1. The highest BCUT2D eigenvalue weighted by Crippen LogP contribution is 2.22. The molecular weight excluding hydrogens is 650 g/mol. The molecule has 1 rings (SSSR count). The lowest BCUT2D eigenvalue weighted by molar-refractivity contribution is -0.213. The van der Waals surface area contributed by atoms with Gasteiger partial charge in [0, 0.05) is 5.92 Å². The Morgan fingerprint density at radius 2 is 1.22 bits per heavy atom. The SMILES string of the molecule is CCCCCCCCC/C=C/CC/C=C/[C@@H](O)[C@H](CO[C@@H]1OCC(CO)[C@@H](O)C(O)C1O)NC(=O)C(O)CCCCCCCCCCCCCC. The van der Waals surface area contributed by atoms with E-state index in [0.717, 1.165) is 38.5 Å². The van der Waals surface area contributed by atoms with Gasteiger partial charge in [0.05, 0.1) is 38.1 Å². The lowest BCUT2D eigenvalue weighted by atomic mass is 9.97. The van der Waals surface area contributed by atoms with Gasteiger partial charge in [-0.15, -0.1) is 0 Å². The molecule has 10 nitrogen and oxygen atoms in total. The Kier molecular flexibility index (Phi) is 30.0. The fourth-order valence-corrected chi connectivity index (χ4v) is 6.39. The van der Waals surface area contributed by atoms with Gasteiger partial charge in [0.25, 0.3) is 0 Å². The summed E-state index contributed by atoms with van der Waals surface area (Å²) in [6.45, 7) is 3.55. The van der Waals surface area contributed by atoms with E-state index in [4.69, 9.17) is 9.47 Å². The summed E-state index contributed by atoms with van der Waals surface area (Å²) in [6.07, 6.45) is 25.5. The second-order valence-corrected chi connectivity index (χ2v) is 14.6. The van der Waals surface area contributed by atoms with Gasteiger partial charge in [0.2, 0.25) is 5.91 Å². The van der Waals surface area contributed by atoms with E-state index < -0.39 is 61.3 Å². The van der Waals surface area contributed by atoms with Crippen molar-refractivity contribution in [3.05, 3.63) is 24.3 Å². The van der Waals surface area contributed by atoms with Crippen molar-refractivity contribution < 1.29 is 44.9 Å². The van der Waals surface area contributed by atoms with Crippen molar-refractivity contribution in [2.45, 2.75) is 204 Å². The first-order valence-corrected chi connectivity index (χ1v) is 20.6. The van der Waals surface area contributed by atoms with E-state index in [1.807, 2.05) is 6.08 Å². The third-order valence-electron chi connectivity index (χ3n) is 9.96. The number of rotatable bonds is 32. The average Bonchev–Trinajstić information content (AvgIpc) is 3.23. The van der Waals surface area contributed by atoms with Gasteiger partial charge in [0.15, 0.2) is 6.29 Å². The fraction of sp³-hybridized carbons (Fsp3) is 0.878. The van der Waals surface area contributed by atoms with Gasteiger partial charge < -0.3 is 45.4 Å². The number of carbonyl (C=O) groups excluding carboxylic acids is 1. The third kappa shape index (κ3) is 23.1. The molecule has 1 fully saturated rings. The molecule has 1 amide bonds. The molecule has 1 heterocycles. The van der Waals surface area contributed by atoms with Crippen molar-refractivity contribution in [2.75, 3.05) is 19.8 Å². The third-order valence-corrected chi connectivity index (χ3v) is 9.96. The summed E-state index contributed by atoms with van der Waals surface area (Å²) < 4.78 is 11.3. The zero-order valence-electron chi connectivity index (χ0n) is 32.2. The minimum absolute atomic E-state index is 0.166. The molecule has 0 bridgehead atoms. The summed E-state index contributed by atoms with van der Waals surface area (Å²) in [5, 5.41) is 65.0. The molecule has 0 radical (unpaired) electrons. The molecule has 8 atom stereocenters. The standard InChI is InChI=1S/C41H77NO9/c1-3-5-7-9-11-13-15-17-19-20-22-24-26-28-35(44)34(32-51-41-39(48)38(47)37(46)33(30-43)31-50-41)42-40(49)36(45)29-27-25-23-21-18-16-14-12-10-8-6-4-2/h19-20,26,28,33-39,41,43-48H,3-18,21-25,27,29-32H2,1-2H3,(H,42,49)/b20-19+,28-26+/t33?,34-,35+,36?,37+,38?,39?,41-/m0/s1. The highest BCUT2D eigenvalue weighted by atomic mass is 16.7. The molecule has 300 valence electrons. The van der Waals surface area contributed by atoms with Crippen LogP contribution in [0.25, 0.3) is 0 Å². The van der Waals surface area contributed by atoms with E-state index in [0.29, 0.717) is 12.8 Å². The zero-order valence-corrected chi connectivity index (χ0v) is 32.2. The number of hydrogen-bond acceptors (Lipinski definition) is 9. The smallest absolute Gasteiger partial charge is 0.249 e. The van der Waals surface area contributed by atoms with Crippen LogP contribution in [-0.4, -0.2) is 99.2 Å². The van der Waals surface area contributed by atoms with Gasteiger partial charge in [-0.05, 0) is 32.1 Å². The summed E-state index contributed by atoms with van der Waals surface area (Å²) in [7, 11) is 0. The second kappa shape index (κ2) is 32.1. The molecule has 0 aliphatic carbocycles. The molecular formula is C41H77NO9. The van der Waals surface area contributed by atoms with Crippen molar-refractivity contribution >= 4 is 5.91 Å². The van der Waals surface area contributed by atoms with E-state index in [2.05, 4.69) is 31.3 Å². The normalized spacial score (nSPS) is 23.1. The monoisotopic (exact) mass is 728 g/mol. The molecule has 0 saturated carbocycles. The number of hydrogen-bond donors (Lipinski definition) is 7. The van der Waals surface area contributed by atoms with Crippen LogP contribution in [-0.2, 0) is 14.3 Å². The van der Waals surface area contributed by atoms with Gasteiger partial charge in [-0.1, -0.05) is 154 Å². The molecule has 4 unspecified atom stereocenters. The van der Waals surface area contributed by atoms with Gasteiger partial charge in [-0.3, -0.25) is 4.79 Å². The minimum atomic E-state index is -1.62. The van der Waals surface area contributed by atoms with Crippen molar-refractivity contribution in [1.29, 1.82) is 0 Å². The number of aliphatic hydroxyl groups excluding tert-OH is 6. The Bertz CT molecular complexity index is 872. The number of nitrogens with one attached hydrogen (secondary N) is 1. The van der Waals surface area contributed by atoms with E-state index in [9.17, 15) is 35.4 Å². The summed E-state index contributed by atoms with van der Waals surface area (Å²) in [5.74, 6) is -1.43. The Balaban J connectivity index is 2.57. The molecule has 10 heteroatoms. The number of aliphatic hydroxyl groups is 6. The first kappa shape index (κ1) is 47.7. The lowest BCUT2D eigenvalue weighted by Gasteiger charge is -2.29. The summed E-state index contributed by atoms with van der Waals surface area (Å²) in [6, 6.07) is -0.979. The molecule has 0 aromatic rings. The molecule has 51 heavy (non-hydrogen) atoms. The van der Waals surface area contributed by atoms with Crippen molar-refractivity contribution in [3.8, 4) is 0 Å². The molecule has 0 aromatic heterocycles. The predicted octanol–water partition coefficient (Wildman–Crippen LogP) is 6.38. The highest BCUT2D eigenvalue weighted by molar-refractivity contribution is 5.80. The fourth-order valence-electron chi connectivity index (χ4n) is 6.39. The van der Waals surface area contributed by atoms with Crippen LogP contribution in [0.2, 0.25) is 0 Å². The van der Waals surface area contributed by atoms with Crippen LogP contribution in [0.15, 0.2) is 24.3 Å². The first-order valence-electron chi connectivity index (χ1n) is 20.6. The van der Waals surface area contributed by atoms with Crippen LogP contribution in [0.4, 0.5) is 0 Å². The van der Waals surface area contributed by atoms with Crippen LogP contribution in [0.5, 0.6) is 0 Å². The van der Waals surface area contributed by atoms with Crippen LogP contribution in [0, 0.1) is 5.92 Å². The van der Waals surface area contributed by atoms with Crippen LogP contribution in [0.1, 0.15) is 162 Å². The molecule has 0 spiro atoms. The summed E-state index contributed by atoms with van der Waals surface area (Å²) >= 11 is 0. The highest BCUT2D eigenvalue weighted by Gasteiger charge is 2.41. The molecule has 0 aromatic carbocycles. The van der Waals surface area contributed by atoms with Crippen LogP contribution < -0.4 is 5.32 Å². The van der Waals surface area contributed by atoms with Gasteiger partial charge in [-0.2, -0.15) is 0 Å². The van der Waals surface area contributed by atoms with E-state index >= 15 is 0 Å². The molecule has 7 N–H and O–H groups in total. The largest absolute Gasteiger partial charge is 0.396 e. The summed E-state index contributed by atoms with van der Waals surface area (Å²) in [5.41, 5.74) is 0. The average molecular weight is 728 g/mol. The number of allylic oxidation sites excluding steroid dienone is 3. The maximum Gasteiger partial charge on any atom is 0.249 e. The second-order valence-electron chi connectivity index (χ2n) is 14.6. The maximum atomic E-state index is 13.0. The zero-order chi connectivity index (χ0) is 37.5. The summed E-state index contributed by atoms with van der Waals surface area (Å²) in [4.78, 5) is 13.0. The lowest BCUT2D eigenvalue weighted by Crippen LogP contribution is -2.51. The topological polar surface area (TPSA) is 169 Å². The Morgan fingerprint density at radius 3 is 1.78 bits per heavy atom. The first-order chi connectivity index (χ1) is 24.8. The van der Waals surface area contributed by atoms with Gasteiger partial charge >= 0.3 is 0 Å². The van der Waals surface area contributed by atoms with Crippen LogP contribution >= 0.6 is 0 Å². The Labute approximate surface area is 310 Å². The van der Waals surface area contributed by atoms with Crippen molar-refractivity contribution in [3.63, 3.8) is 0 Å². The quantitative estimate of drug-likeness (QED) is 0.0307. The van der Waals surface area contributed by atoms with E-state index in [1.165, 1.54) is 96.3 Å². The number of carbonyl (C=O) groups is 1. The van der Waals surface area contributed by atoms with Crippen LogP contribution in [0.3, 0.4) is 0 Å². The van der Waals surface area contributed by atoms with Gasteiger partial charge in [0.1, 0.15) is 18.3 Å². The molecule has 1 aliphatic heterocycles. The van der Waals surface area contributed by atoms with Gasteiger partial charge in [-0.25, -0.2) is 0 Å². The Hall–Kier alpha value is -1.37. The number of ether oxygens (including phenoxy) is 2. The molecule has 1 aliphatic rings. The molecule has 1 saturated heterocycles. The van der Waals surface area contributed by atoms with Crippen molar-refractivity contribution in [2.24, 2.45) is 5.92 Å². The number of unbranched alkanes of at least 4 members (excludes halogenated alkanes) is 19. The van der Waals surface area contributed by atoms with E-state index in [-0.39, 0.29) is 13.2 Å². The Morgan fingerprint density at radius 1 is 0.706 bits per heavy atom. The minimum Gasteiger partial charge on any atom is -0.396 e. The van der Waals surface area contributed by atoms with Crippen molar-refractivity contribution in [1.82, 2.24) is 5.32 Å². The maximum absolute atomic E-state index is 13.0. The predicted molar refractivity (Wildman–Crippen MR) is 204 cm³/mol.